The topological polar surface area (TPSA) is 56.7 Å². The van der Waals surface area contributed by atoms with E-state index in [1.165, 1.54) is 11.1 Å². The molecule has 0 saturated heterocycles. The molecule has 2 heterocycles. The van der Waals surface area contributed by atoms with Crippen LogP contribution in [0.25, 0.3) is 33.7 Å². The van der Waals surface area contributed by atoms with E-state index >= 15 is 0 Å². The Labute approximate surface area is 174 Å². The molecule has 3 aromatic carbocycles. The van der Waals surface area contributed by atoms with Crippen LogP contribution in [0.1, 0.15) is 11.3 Å². The zero-order valence-corrected chi connectivity index (χ0v) is 16.6. The lowest BCUT2D eigenvalue weighted by Crippen LogP contribution is -2.05. The fourth-order valence-corrected chi connectivity index (χ4v) is 3.60. The predicted molar refractivity (Wildman–Crippen MR) is 117 cm³/mol. The van der Waals surface area contributed by atoms with Crippen LogP contribution in [0.5, 0.6) is 0 Å². The SMILES string of the molecule is Cc1noc(-c2ccc(-c3ccccc3)cc2)c1Cn1nncc1-c1ccccc1. The van der Waals surface area contributed by atoms with Crippen LogP contribution in [-0.2, 0) is 6.54 Å². The molecule has 5 rings (SSSR count). The van der Waals surface area contributed by atoms with E-state index in [0.29, 0.717) is 6.54 Å². The molecule has 0 aliphatic carbocycles. The van der Waals surface area contributed by atoms with Crippen molar-refractivity contribution in [1.82, 2.24) is 20.2 Å². The molecule has 0 atom stereocenters. The summed E-state index contributed by atoms with van der Waals surface area (Å²) in [4.78, 5) is 0. The number of hydrogen-bond acceptors (Lipinski definition) is 4. The molecule has 0 amide bonds. The molecule has 0 fully saturated rings. The van der Waals surface area contributed by atoms with Gasteiger partial charge in [0.15, 0.2) is 5.76 Å². The third kappa shape index (κ3) is 3.42. The molecule has 2 aromatic heterocycles. The minimum absolute atomic E-state index is 0.537. The second-order valence-electron chi connectivity index (χ2n) is 7.16. The van der Waals surface area contributed by atoms with Crippen molar-refractivity contribution in [2.45, 2.75) is 13.5 Å². The van der Waals surface area contributed by atoms with Crippen LogP contribution in [-0.4, -0.2) is 20.2 Å². The summed E-state index contributed by atoms with van der Waals surface area (Å²) in [5, 5.41) is 12.6. The second-order valence-corrected chi connectivity index (χ2v) is 7.16. The van der Waals surface area contributed by atoms with E-state index in [4.69, 9.17) is 4.52 Å². The van der Waals surface area contributed by atoms with E-state index in [0.717, 1.165) is 33.8 Å². The van der Waals surface area contributed by atoms with Gasteiger partial charge in [0.25, 0.3) is 0 Å². The maximum Gasteiger partial charge on any atom is 0.172 e. The summed E-state index contributed by atoms with van der Waals surface area (Å²) >= 11 is 0. The van der Waals surface area contributed by atoms with Crippen LogP contribution >= 0.6 is 0 Å². The van der Waals surface area contributed by atoms with Crippen molar-refractivity contribution in [2.24, 2.45) is 0 Å². The lowest BCUT2D eigenvalue weighted by molar-refractivity contribution is 0.426. The summed E-state index contributed by atoms with van der Waals surface area (Å²) in [6.07, 6.45) is 1.78. The lowest BCUT2D eigenvalue weighted by atomic mass is 10.0. The van der Waals surface area contributed by atoms with E-state index in [-0.39, 0.29) is 0 Å². The van der Waals surface area contributed by atoms with Gasteiger partial charge >= 0.3 is 0 Å². The minimum atomic E-state index is 0.537. The van der Waals surface area contributed by atoms with Gasteiger partial charge in [0, 0.05) is 16.7 Å². The summed E-state index contributed by atoms with van der Waals surface area (Å²) in [5.74, 6) is 0.765. The Kier molecular flexibility index (Phi) is 4.69. The van der Waals surface area contributed by atoms with Crippen molar-refractivity contribution in [3.63, 3.8) is 0 Å². The normalized spacial score (nSPS) is 11.0. The number of nitrogens with zero attached hydrogens (tertiary/aromatic N) is 4. The highest BCUT2D eigenvalue weighted by molar-refractivity contribution is 5.69. The van der Waals surface area contributed by atoms with Gasteiger partial charge in [-0.2, -0.15) is 0 Å². The highest BCUT2D eigenvalue weighted by Gasteiger charge is 2.18. The van der Waals surface area contributed by atoms with Gasteiger partial charge in [-0.15, -0.1) is 5.10 Å². The molecule has 0 N–H and O–H groups in total. The van der Waals surface area contributed by atoms with Crippen molar-refractivity contribution >= 4 is 0 Å². The van der Waals surface area contributed by atoms with Gasteiger partial charge in [0.2, 0.25) is 0 Å². The maximum absolute atomic E-state index is 5.71. The zero-order chi connectivity index (χ0) is 20.3. The Morgan fingerprint density at radius 3 is 2.03 bits per heavy atom. The summed E-state index contributed by atoms with van der Waals surface area (Å²) < 4.78 is 7.60. The molecule has 0 aliphatic heterocycles. The molecule has 5 heteroatoms. The molecule has 5 aromatic rings. The highest BCUT2D eigenvalue weighted by atomic mass is 16.5. The molecule has 0 radical (unpaired) electrons. The van der Waals surface area contributed by atoms with Crippen molar-refractivity contribution in [3.05, 3.63) is 102 Å². The number of hydrogen-bond donors (Lipinski definition) is 0. The third-order valence-corrected chi connectivity index (χ3v) is 5.23. The van der Waals surface area contributed by atoms with Gasteiger partial charge in [-0.1, -0.05) is 95.3 Å². The van der Waals surface area contributed by atoms with E-state index in [1.807, 2.05) is 48.0 Å². The first-order valence-electron chi connectivity index (χ1n) is 9.84. The van der Waals surface area contributed by atoms with Crippen LogP contribution in [0.2, 0.25) is 0 Å². The molecule has 146 valence electrons. The number of aryl methyl sites for hydroxylation is 1. The van der Waals surface area contributed by atoms with E-state index < -0.39 is 0 Å². The van der Waals surface area contributed by atoms with Gasteiger partial charge < -0.3 is 4.52 Å². The monoisotopic (exact) mass is 392 g/mol. The quantitative estimate of drug-likeness (QED) is 0.389. The fraction of sp³-hybridized carbons (Fsp3) is 0.0800. The Balaban J connectivity index is 1.47. The minimum Gasteiger partial charge on any atom is -0.356 e. The molecule has 0 unspecified atom stereocenters. The van der Waals surface area contributed by atoms with Crippen molar-refractivity contribution in [1.29, 1.82) is 0 Å². The van der Waals surface area contributed by atoms with E-state index in [2.05, 4.69) is 64.0 Å². The fourth-order valence-electron chi connectivity index (χ4n) is 3.60. The number of benzene rings is 3. The lowest BCUT2D eigenvalue weighted by Gasteiger charge is -2.08. The van der Waals surface area contributed by atoms with E-state index in [1.54, 1.807) is 6.20 Å². The Morgan fingerprint density at radius 2 is 1.33 bits per heavy atom. The van der Waals surface area contributed by atoms with Gasteiger partial charge in [0.1, 0.15) is 0 Å². The van der Waals surface area contributed by atoms with Gasteiger partial charge in [-0.3, -0.25) is 0 Å². The molecular weight excluding hydrogens is 372 g/mol. The first kappa shape index (κ1) is 18.1. The maximum atomic E-state index is 5.71. The van der Waals surface area contributed by atoms with Crippen molar-refractivity contribution in [2.75, 3.05) is 0 Å². The Hall–Kier alpha value is -3.99. The predicted octanol–water partition coefficient (Wildman–Crippen LogP) is 5.62. The Morgan fingerprint density at radius 1 is 0.733 bits per heavy atom. The number of rotatable bonds is 5. The zero-order valence-electron chi connectivity index (χ0n) is 16.6. The van der Waals surface area contributed by atoms with Crippen molar-refractivity contribution in [3.8, 4) is 33.7 Å². The van der Waals surface area contributed by atoms with Crippen LogP contribution in [0.4, 0.5) is 0 Å². The average Bonchev–Trinajstić information content (AvgIpc) is 3.42. The molecule has 30 heavy (non-hydrogen) atoms. The molecule has 0 spiro atoms. The molecule has 0 bridgehead atoms. The molecule has 5 nitrogen and oxygen atoms in total. The number of aromatic nitrogens is 4. The first-order valence-corrected chi connectivity index (χ1v) is 9.84. The van der Waals surface area contributed by atoms with Crippen LogP contribution in [0.3, 0.4) is 0 Å². The molecule has 0 saturated carbocycles. The van der Waals surface area contributed by atoms with E-state index in [9.17, 15) is 0 Å². The molecule has 0 aliphatic rings. The third-order valence-electron chi connectivity index (χ3n) is 5.23. The standard InChI is InChI=1S/C25H20N4O/c1-18-23(17-29-24(16-26-28-29)21-10-6-3-7-11-21)25(30-27-18)22-14-12-20(13-15-22)19-8-4-2-5-9-19/h2-16H,17H2,1H3. The van der Waals surface area contributed by atoms with Crippen molar-refractivity contribution < 1.29 is 4.52 Å². The largest absolute Gasteiger partial charge is 0.356 e. The summed E-state index contributed by atoms with van der Waals surface area (Å²) in [5.41, 5.74) is 7.24. The van der Waals surface area contributed by atoms with Crippen LogP contribution in [0.15, 0.2) is 95.6 Å². The Bertz CT molecular complexity index is 1260. The summed E-state index contributed by atoms with van der Waals surface area (Å²) in [6.45, 7) is 2.50. The molecular formula is C25H20N4O. The average molecular weight is 392 g/mol. The van der Waals surface area contributed by atoms with Crippen LogP contribution in [0, 0.1) is 6.92 Å². The highest BCUT2D eigenvalue weighted by Crippen LogP contribution is 2.30. The van der Waals surface area contributed by atoms with Crippen LogP contribution < -0.4 is 0 Å². The van der Waals surface area contributed by atoms with Gasteiger partial charge in [-0.05, 0) is 18.1 Å². The first-order chi connectivity index (χ1) is 14.8. The summed E-state index contributed by atoms with van der Waals surface area (Å²) in [7, 11) is 0. The second kappa shape index (κ2) is 7.79. The smallest absolute Gasteiger partial charge is 0.172 e. The van der Waals surface area contributed by atoms with Gasteiger partial charge in [0.05, 0.1) is 24.1 Å². The van der Waals surface area contributed by atoms with Gasteiger partial charge in [-0.25, -0.2) is 4.68 Å². The summed E-state index contributed by atoms with van der Waals surface area (Å²) in [6, 6.07) is 28.8.